The van der Waals surface area contributed by atoms with E-state index in [-0.39, 0.29) is 11.6 Å². The molecule has 4 heteroatoms. The Morgan fingerprint density at radius 3 is 2.87 bits per heavy atom. The van der Waals surface area contributed by atoms with E-state index in [4.69, 9.17) is 5.21 Å². The minimum absolute atomic E-state index is 0.138. The summed E-state index contributed by atoms with van der Waals surface area (Å²) in [7, 11) is 0. The van der Waals surface area contributed by atoms with Gasteiger partial charge in [-0.25, -0.2) is 0 Å². The normalized spacial score (nSPS) is 18.1. The highest BCUT2D eigenvalue weighted by atomic mass is 16.4. The van der Waals surface area contributed by atoms with E-state index in [0.29, 0.717) is 13.1 Å². The maximum Gasteiger partial charge on any atom is 0.276 e. The Morgan fingerprint density at radius 1 is 1.47 bits per heavy atom. The summed E-state index contributed by atoms with van der Waals surface area (Å²) in [4.78, 5) is 13.4. The van der Waals surface area contributed by atoms with Crippen molar-refractivity contribution in [1.29, 1.82) is 0 Å². The van der Waals surface area contributed by atoms with Crippen LogP contribution >= 0.6 is 0 Å². The van der Waals surface area contributed by atoms with E-state index in [2.05, 4.69) is 5.16 Å². The van der Waals surface area contributed by atoms with Crippen LogP contribution in [0, 0.1) is 0 Å². The zero-order valence-electron chi connectivity index (χ0n) is 8.47. The van der Waals surface area contributed by atoms with Crippen LogP contribution in [0.1, 0.15) is 18.1 Å². The Morgan fingerprint density at radius 2 is 2.20 bits per heavy atom. The number of carbonyl (C=O) groups excluding carboxylic acids is 1. The van der Waals surface area contributed by atoms with E-state index in [0.717, 1.165) is 11.1 Å². The van der Waals surface area contributed by atoms with Crippen molar-refractivity contribution >= 4 is 11.6 Å². The van der Waals surface area contributed by atoms with Crippen LogP contribution in [0.15, 0.2) is 29.4 Å². The van der Waals surface area contributed by atoms with Crippen LogP contribution in [0.4, 0.5) is 0 Å². The highest BCUT2D eigenvalue weighted by Crippen LogP contribution is 2.19. The van der Waals surface area contributed by atoms with Crippen LogP contribution in [0.3, 0.4) is 0 Å². The predicted molar refractivity (Wildman–Crippen MR) is 55.9 cm³/mol. The van der Waals surface area contributed by atoms with Gasteiger partial charge in [0, 0.05) is 18.7 Å². The Kier molecular flexibility index (Phi) is 2.41. The van der Waals surface area contributed by atoms with Crippen LogP contribution < -0.4 is 0 Å². The van der Waals surface area contributed by atoms with Crippen molar-refractivity contribution in [3.8, 4) is 0 Å². The lowest BCUT2D eigenvalue weighted by molar-refractivity contribution is -0.124. The molecule has 0 aromatic heterocycles. The molecule has 0 radical (unpaired) electrons. The summed E-state index contributed by atoms with van der Waals surface area (Å²) < 4.78 is 0. The first kappa shape index (κ1) is 9.71. The zero-order chi connectivity index (χ0) is 10.8. The van der Waals surface area contributed by atoms with Gasteiger partial charge in [0.1, 0.15) is 0 Å². The molecule has 78 valence electrons. The Labute approximate surface area is 87.8 Å². The first-order valence-corrected chi connectivity index (χ1v) is 4.87. The van der Waals surface area contributed by atoms with Gasteiger partial charge in [0.15, 0.2) is 5.71 Å². The standard InChI is InChI=1S/C11H12N2O2/c1-2-13-7-8-5-3-4-6-9(8)10(12-15)11(13)14/h3-6,15H,2,7H2,1H3/b12-10-. The summed E-state index contributed by atoms with van der Waals surface area (Å²) >= 11 is 0. The van der Waals surface area contributed by atoms with Gasteiger partial charge in [0.25, 0.3) is 5.91 Å². The van der Waals surface area contributed by atoms with Gasteiger partial charge < -0.3 is 10.1 Å². The molecule has 2 rings (SSSR count). The van der Waals surface area contributed by atoms with Crippen molar-refractivity contribution in [3.63, 3.8) is 0 Å². The molecular weight excluding hydrogens is 192 g/mol. The van der Waals surface area contributed by atoms with Gasteiger partial charge >= 0.3 is 0 Å². The molecular formula is C11H12N2O2. The van der Waals surface area contributed by atoms with Gasteiger partial charge in [-0.15, -0.1) is 0 Å². The third-order valence-electron chi connectivity index (χ3n) is 2.61. The molecule has 0 saturated carbocycles. The molecule has 0 aliphatic carbocycles. The Hall–Kier alpha value is -1.84. The van der Waals surface area contributed by atoms with Crippen LogP contribution in [-0.4, -0.2) is 28.3 Å². The van der Waals surface area contributed by atoms with Crippen molar-refractivity contribution in [3.05, 3.63) is 35.4 Å². The number of carbonyl (C=O) groups is 1. The highest BCUT2D eigenvalue weighted by molar-refractivity contribution is 6.46. The molecule has 1 aromatic rings. The van der Waals surface area contributed by atoms with E-state index in [1.165, 1.54) is 0 Å². The zero-order valence-corrected chi connectivity index (χ0v) is 8.47. The molecule has 4 nitrogen and oxygen atoms in total. The van der Waals surface area contributed by atoms with Crippen molar-refractivity contribution < 1.29 is 10.0 Å². The summed E-state index contributed by atoms with van der Waals surface area (Å²) in [6.45, 7) is 3.11. The number of likely N-dealkylation sites (N-methyl/N-ethyl adjacent to an activating group) is 1. The molecule has 1 amide bonds. The molecule has 0 spiro atoms. The lowest BCUT2D eigenvalue weighted by Gasteiger charge is -2.27. The third kappa shape index (κ3) is 1.48. The van der Waals surface area contributed by atoms with Gasteiger partial charge in [-0.3, -0.25) is 4.79 Å². The van der Waals surface area contributed by atoms with Crippen molar-refractivity contribution in [1.82, 2.24) is 4.90 Å². The van der Waals surface area contributed by atoms with Gasteiger partial charge in [-0.2, -0.15) is 0 Å². The molecule has 15 heavy (non-hydrogen) atoms. The number of nitrogens with zero attached hydrogens (tertiary/aromatic N) is 2. The number of hydrogen-bond donors (Lipinski definition) is 1. The first-order valence-electron chi connectivity index (χ1n) is 4.87. The Balaban J connectivity index is 2.53. The summed E-state index contributed by atoms with van der Waals surface area (Å²) in [5.41, 5.74) is 1.89. The fourth-order valence-corrected chi connectivity index (χ4v) is 1.78. The molecule has 1 N–H and O–H groups in total. The second-order valence-electron chi connectivity index (χ2n) is 3.43. The summed E-state index contributed by atoms with van der Waals surface area (Å²) in [6.07, 6.45) is 0. The van der Waals surface area contributed by atoms with Gasteiger partial charge in [0.2, 0.25) is 0 Å². The van der Waals surface area contributed by atoms with Crippen molar-refractivity contribution in [2.45, 2.75) is 13.5 Å². The topological polar surface area (TPSA) is 52.9 Å². The quantitative estimate of drug-likeness (QED) is 0.552. The number of fused-ring (bicyclic) bond motifs is 1. The minimum Gasteiger partial charge on any atom is -0.410 e. The van der Waals surface area contributed by atoms with Crippen LogP contribution in [-0.2, 0) is 11.3 Å². The second kappa shape index (κ2) is 3.73. The molecule has 0 saturated heterocycles. The average molecular weight is 204 g/mol. The first-order chi connectivity index (χ1) is 7.27. The molecule has 1 aliphatic rings. The number of oxime groups is 1. The van der Waals surface area contributed by atoms with Crippen LogP contribution in [0.25, 0.3) is 0 Å². The lowest BCUT2D eigenvalue weighted by atomic mass is 9.97. The van der Waals surface area contributed by atoms with Crippen molar-refractivity contribution in [2.75, 3.05) is 6.54 Å². The second-order valence-corrected chi connectivity index (χ2v) is 3.43. The van der Waals surface area contributed by atoms with E-state index in [1.54, 1.807) is 11.0 Å². The maximum absolute atomic E-state index is 11.8. The largest absolute Gasteiger partial charge is 0.410 e. The summed E-state index contributed by atoms with van der Waals surface area (Å²) in [5.74, 6) is -0.210. The van der Waals surface area contributed by atoms with Crippen molar-refractivity contribution in [2.24, 2.45) is 5.16 Å². The predicted octanol–water partition coefficient (Wildman–Crippen LogP) is 1.23. The SMILES string of the molecule is CCN1Cc2ccccc2/C(=N/O)C1=O. The molecule has 1 heterocycles. The average Bonchev–Trinajstić information content (AvgIpc) is 2.28. The van der Waals surface area contributed by atoms with Crippen LogP contribution in [0.2, 0.25) is 0 Å². The Bertz CT molecular complexity index is 426. The van der Waals surface area contributed by atoms with Gasteiger partial charge in [-0.1, -0.05) is 29.4 Å². The monoisotopic (exact) mass is 204 g/mol. The van der Waals surface area contributed by atoms with Crippen LogP contribution in [0.5, 0.6) is 0 Å². The third-order valence-corrected chi connectivity index (χ3v) is 2.61. The molecule has 0 bridgehead atoms. The molecule has 0 fully saturated rings. The number of hydrogen-bond acceptors (Lipinski definition) is 3. The molecule has 1 aromatic carbocycles. The lowest BCUT2D eigenvalue weighted by Crippen LogP contribution is -2.41. The molecule has 0 atom stereocenters. The van der Waals surface area contributed by atoms with Gasteiger partial charge in [-0.05, 0) is 12.5 Å². The van der Waals surface area contributed by atoms with E-state index >= 15 is 0 Å². The molecule has 0 unspecified atom stereocenters. The summed E-state index contributed by atoms with van der Waals surface area (Å²) in [5, 5.41) is 12.0. The number of amides is 1. The fraction of sp³-hybridized carbons (Fsp3) is 0.273. The van der Waals surface area contributed by atoms with Gasteiger partial charge in [0.05, 0.1) is 0 Å². The number of rotatable bonds is 1. The fourth-order valence-electron chi connectivity index (χ4n) is 1.78. The summed E-state index contributed by atoms with van der Waals surface area (Å²) in [6, 6.07) is 7.49. The smallest absolute Gasteiger partial charge is 0.276 e. The maximum atomic E-state index is 11.8. The van der Waals surface area contributed by atoms with E-state index in [9.17, 15) is 4.79 Å². The minimum atomic E-state index is -0.210. The van der Waals surface area contributed by atoms with E-state index in [1.807, 2.05) is 25.1 Å². The number of benzene rings is 1. The highest BCUT2D eigenvalue weighted by Gasteiger charge is 2.28. The van der Waals surface area contributed by atoms with E-state index < -0.39 is 0 Å². The molecule has 1 aliphatic heterocycles.